The van der Waals surface area contributed by atoms with E-state index in [9.17, 15) is 14.4 Å². The van der Waals surface area contributed by atoms with Gasteiger partial charge in [0.2, 0.25) is 0 Å². The number of amides is 3. The summed E-state index contributed by atoms with van der Waals surface area (Å²) in [7, 11) is 0. The molecule has 0 radical (unpaired) electrons. The van der Waals surface area contributed by atoms with Crippen LogP contribution in [0.3, 0.4) is 0 Å². The lowest BCUT2D eigenvalue weighted by Gasteiger charge is -2.29. The van der Waals surface area contributed by atoms with Crippen LogP contribution in [0.4, 0.5) is 4.79 Å². The summed E-state index contributed by atoms with van der Waals surface area (Å²) in [5, 5.41) is 8.44. The number of rotatable bonds is 7. The molecule has 0 aromatic heterocycles. The lowest BCUT2D eigenvalue weighted by atomic mass is 9.86. The van der Waals surface area contributed by atoms with E-state index in [2.05, 4.69) is 22.9 Å². The van der Waals surface area contributed by atoms with E-state index in [1.807, 2.05) is 13.8 Å². The minimum absolute atomic E-state index is 0.0654. The van der Waals surface area contributed by atoms with Gasteiger partial charge >= 0.3 is 12.0 Å². The maximum atomic E-state index is 12.1. The van der Waals surface area contributed by atoms with Crippen molar-refractivity contribution in [2.24, 2.45) is 5.92 Å². The highest BCUT2D eigenvalue weighted by Gasteiger charge is 2.23. The first-order valence-corrected chi connectivity index (χ1v) is 9.95. The van der Waals surface area contributed by atoms with E-state index in [1.54, 1.807) is 24.3 Å². The molecular formula is C21H31N3O4. The fourth-order valence-corrected chi connectivity index (χ4v) is 3.25. The molecule has 1 aromatic rings. The summed E-state index contributed by atoms with van der Waals surface area (Å²) in [4.78, 5) is 35.7. The van der Waals surface area contributed by atoms with E-state index < -0.39 is 5.97 Å². The average molecular weight is 389 g/mol. The quantitative estimate of drug-likeness (QED) is 0.625. The van der Waals surface area contributed by atoms with Gasteiger partial charge in [0.05, 0.1) is 5.56 Å². The van der Waals surface area contributed by atoms with E-state index in [1.165, 1.54) is 6.42 Å². The van der Waals surface area contributed by atoms with Crippen molar-refractivity contribution < 1.29 is 19.1 Å². The standard InChI is InChI=1S/C21H31N3O4/c1-14(2)23-21(27)22-12-16-8-10-17(11-9-16)20(26)28-13-19(25)24-18-7-5-4-6-15(18)3/h8-11,14-15,18H,4-7,12-13H2,1-3H3,(H,24,25)(H2,22,23,27)/t15-,18+/m1/s1. The van der Waals surface area contributed by atoms with E-state index in [0.717, 1.165) is 24.8 Å². The van der Waals surface area contributed by atoms with Crippen LogP contribution >= 0.6 is 0 Å². The van der Waals surface area contributed by atoms with Crippen molar-refractivity contribution in [3.63, 3.8) is 0 Å². The third kappa shape index (κ3) is 7.21. The number of ether oxygens (including phenoxy) is 1. The van der Waals surface area contributed by atoms with Crippen molar-refractivity contribution in [3.05, 3.63) is 35.4 Å². The molecule has 1 fully saturated rings. The van der Waals surface area contributed by atoms with Crippen LogP contribution in [0.2, 0.25) is 0 Å². The van der Waals surface area contributed by atoms with Crippen LogP contribution < -0.4 is 16.0 Å². The first-order valence-electron chi connectivity index (χ1n) is 9.95. The molecule has 7 heteroatoms. The Morgan fingerprint density at radius 3 is 2.43 bits per heavy atom. The van der Waals surface area contributed by atoms with Gasteiger partial charge in [0.15, 0.2) is 6.61 Å². The van der Waals surface area contributed by atoms with Crippen LogP contribution in [0.5, 0.6) is 0 Å². The summed E-state index contributed by atoms with van der Waals surface area (Å²) < 4.78 is 5.12. The van der Waals surface area contributed by atoms with Crippen molar-refractivity contribution >= 4 is 17.9 Å². The molecule has 3 amide bonds. The number of nitrogens with one attached hydrogen (secondary N) is 3. The molecule has 1 aromatic carbocycles. The van der Waals surface area contributed by atoms with Gasteiger partial charge in [-0.1, -0.05) is 31.9 Å². The number of hydrogen-bond acceptors (Lipinski definition) is 4. The molecule has 0 unspecified atom stereocenters. The van der Waals surface area contributed by atoms with E-state index in [4.69, 9.17) is 4.74 Å². The topological polar surface area (TPSA) is 96.5 Å². The first-order chi connectivity index (χ1) is 13.3. The Hall–Kier alpha value is -2.57. The molecule has 0 heterocycles. The summed E-state index contributed by atoms with van der Waals surface area (Å²) in [6, 6.07) is 6.74. The van der Waals surface area contributed by atoms with E-state index in [0.29, 0.717) is 18.0 Å². The predicted octanol–water partition coefficient (Wildman–Crippen LogP) is 2.75. The molecule has 7 nitrogen and oxygen atoms in total. The SMILES string of the molecule is CC(C)NC(=O)NCc1ccc(C(=O)OCC(=O)N[C@H]2CCCC[C@H]2C)cc1. The van der Waals surface area contributed by atoms with Crippen LogP contribution in [0.15, 0.2) is 24.3 Å². The zero-order valence-corrected chi connectivity index (χ0v) is 16.9. The second-order valence-corrected chi connectivity index (χ2v) is 7.69. The molecule has 3 N–H and O–H groups in total. The predicted molar refractivity (Wildman–Crippen MR) is 107 cm³/mol. The zero-order valence-electron chi connectivity index (χ0n) is 16.9. The lowest BCUT2D eigenvalue weighted by molar-refractivity contribution is -0.125. The third-order valence-electron chi connectivity index (χ3n) is 4.85. The number of carbonyl (C=O) groups excluding carboxylic acids is 3. The number of hydrogen-bond donors (Lipinski definition) is 3. The van der Waals surface area contributed by atoms with Crippen LogP contribution in [0.25, 0.3) is 0 Å². The number of carbonyl (C=O) groups is 3. The number of benzene rings is 1. The van der Waals surface area contributed by atoms with Crippen LogP contribution in [0.1, 0.15) is 62.4 Å². The van der Waals surface area contributed by atoms with Crippen molar-refractivity contribution in [1.82, 2.24) is 16.0 Å². The van der Waals surface area contributed by atoms with Gasteiger partial charge in [0, 0.05) is 18.6 Å². The van der Waals surface area contributed by atoms with Gasteiger partial charge in [-0.15, -0.1) is 0 Å². The molecule has 2 atom stereocenters. The number of urea groups is 1. The molecule has 0 saturated heterocycles. The maximum absolute atomic E-state index is 12.1. The summed E-state index contributed by atoms with van der Waals surface area (Å²) in [6.45, 7) is 5.99. The summed E-state index contributed by atoms with van der Waals surface area (Å²) >= 11 is 0. The van der Waals surface area contributed by atoms with E-state index >= 15 is 0 Å². The Bertz CT molecular complexity index is 673. The largest absolute Gasteiger partial charge is 0.452 e. The highest BCUT2D eigenvalue weighted by atomic mass is 16.5. The fourth-order valence-electron chi connectivity index (χ4n) is 3.25. The monoisotopic (exact) mass is 389 g/mol. The molecule has 154 valence electrons. The van der Waals surface area contributed by atoms with Gasteiger partial charge in [-0.05, 0) is 50.3 Å². The molecule has 1 aliphatic rings. The average Bonchev–Trinajstić information content (AvgIpc) is 2.66. The zero-order chi connectivity index (χ0) is 20.5. The van der Waals surface area contributed by atoms with Gasteiger partial charge < -0.3 is 20.7 Å². The van der Waals surface area contributed by atoms with Gasteiger partial charge in [-0.25, -0.2) is 9.59 Å². The molecule has 0 bridgehead atoms. The lowest BCUT2D eigenvalue weighted by Crippen LogP contribution is -2.42. The van der Waals surface area contributed by atoms with Crippen molar-refractivity contribution in [2.45, 2.75) is 65.1 Å². The van der Waals surface area contributed by atoms with Crippen LogP contribution in [-0.2, 0) is 16.1 Å². The molecule has 2 rings (SSSR count). The Morgan fingerprint density at radius 2 is 1.79 bits per heavy atom. The highest BCUT2D eigenvalue weighted by Crippen LogP contribution is 2.23. The smallest absolute Gasteiger partial charge is 0.338 e. The van der Waals surface area contributed by atoms with Gasteiger partial charge in [0.25, 0.3) is 5.91 Å². The molecule has 1 saturated carbocycles. The normalized spacial score (nSPS) is 19.0. The molecule has 0 spiro atoms. The fraction of sp³-hybridized carbons (Fsp3) is 0.571. The molecular weight excluding hydrogens is 358 g/mol. The van der Waals surface area contributed by atoms with Crippen molar-refractivity contribution in [1.29, 1.82) is 0 Å². The van der Waals surface area contributed by atoms with Crippen molar-refractivity contribution in [2.75, 3.05) is 6.61 Å². The minimum Gasteiger partial charge on any atom is -0.452 e. The first kappa shape index (κ1) is 21.7. The summed E-state index contributed by atoms with van der Waals surface area (Å²) in [5.74, 6) is -0.342. The van der Waals surface area contributed by atoms with Gasteiger partial charge in [-0.3, -0.25) is 4.79 Å². The second kappa shape index (κ2) is 10.7. The van der Waals surface area contributed by atoms with Crippen molar-refractivity contribution in [3.8, 4) is 0 Å². The van der Waals surface area contributed by atoms with Crippen LogP contribution in [0, 0.1) is 5.92 Å². The van der Waals surface area contributed by atoms with E-state index in [-0.39, 0.29) is 30.6 Å². The van der Waals surface area contributed by atoms with Gasteiger partial charge in [0.1, 0.15) is 0 Å². The Balaban J connectivity index is 1.74. The minimum atomic E-state index is -0.538. The third-order valence-corrected chi connectivity index (χ3v) is 4.85. The van der Waals surface area contributed by atoms with Gasteiger partial charge in [-0.2, -0.15) is 0 Å². The summed E-state index contributed by atoms with van der Waals surface area (Å²) in [6.07, 6.45) is 4.42. The second-order valence-electron chi connectivity index (χ2n) is 7.69. The Morgan fingerprint density at radius 1 is 1.11 bits per heavy atom. The molecule has 0 aliphatic heterocycles. The summed E-state index contributed by atoms with van der Waals surface area (Å²) in [5.41, 5.74) is 1.23. The molecule has 28 heavy (non-hydrogen) atoms. The maximum Gasteiger partial charge on any atom is 0.338 e. The highest BCUT2D eigenvalue weighted by molar-refractivity contribution is 5.91. The van der Waals surface area contributed by atoms with Crippen LogP contribution in [-0.4, -0.2) is 36.6 Å². The Kier molecular flexibility index (Phi) is 8.29. The molecule has 1 aliphatic carbocycles. The Labute approximate surface area is 166 Å². The number of esters is 1.